The second kappa shape index (κ2) is 9.36. The molecule has 0 bridgehead atoms. The van der Waals surface area contributed by atoms with E-state index < -0.39 is 0 Å². The summed E-state index contributed by atoms with van der Waals surface area (Å²) in [5, 5.41) is 12.1. The number of hydrogen-bond donors (Lipinski definition) is 2. The Morgan fingerprint density at radius 2 is 2.11 bits per heavy atom. The minimum atomic E-state index is 0.297. The number of halogens is 1. The van der Waals surface area contributed by atoms with Crippen molar-refractivity contribution in [2.75, 3.05) is 19.8 Å². The number of aliphatic hydroxyl groups excluding tert-OH is 1. The van der Waals surface area contributed by atoms with Crippen molar-refractivity contribution in [1.29, 1.82) is 0 Å². The van der Waals surface area contributed by atoms with Gasteiger partial charge in [-0.25, -0.2) is 0 Å². The van der Waals surface area contributed by atoms with Gasteiger partial charge in [0.15, 0.2) is 0 Å². The summed E-state index contributed by atoms with van der Waals surface area (Å²) < 4.78 is 6.47. The van der Waals surface area contributed by atoms with E-state index in [2.05, 4.69) is 33.4 Å². The Balaban J connectivity index is 2.28. The fourth-order valence-corrected chi connectivity index (χ4v) is 2.24. The van der Waals surface area contributed by atoms with Crippen LogP contribution in [0.15, 0.2) is 22.7 Å². The molecule has 0 spiro atoms. The van der Waals surface area contributed by atoms with E-state index in [4.69, 9.17) is 9.84 Å². The molecular weight excluding hydrogens is 294 g/mol. The molecule has 0 aliphatic heterocycles. The lowest BCUT2D eigenvalue weighted by Crippen LogP contribution is -2.14. The molecule has 102 valence electrons. The molecular formula is C14H22BrNO2. The van der Waals surface area contributed by atoms with Crippen LogP contribution in [-0.4, -0.2) is 24.9 Å². The van der Waals surface area contributed by atoms with Gasteiger partial charge < -0.3 is 15.2 Å². The third-order valence-corrected chi connectivity index (χ3v) is 3.26. The normalized spacial score (nSPS) is 10.6. The van der Waals surface area contributed by atoms with E-state index in [0.717, 1.165) is 42.6 Å². The molecule has 0 saturated carbocycles. The van der Waals surface area contributed by atoms with Crippen LogP contribution < -0.4 is 10.1 Å². The zero-order chi connectivity index (χ0) is 13.2. The van der Waals surface area contributed by atoms with E-state index in [1.165, 1.54) is 5.56 Å². The highest BCUT2D eigenvalue weighted by Gasteiger charge is 2.01. The molecule has 0 unspecified atom stereocenters. The van der Waals surface area contributed by atoms with Gasteiger partial charge in [-0.1, -0.05) is 6.07 Å². The Morgan fingerprint density at radius 3 is 2.78 bits per heavy atom. The Labute approximate surface area is 118 Å². The van der Waals surface area contributed by atoms with Gasteiger partial charge in [0.05, 0.1) is 11.1 Å². The van der Waals surface area contributed by atoms with Crippen molar-refractivity contribution in [3.63, 3.8) is 0 Å². The van der Waals surface area contributed by atoms with Crippen LogP contribution in [0.25, 0.3) is 0 Å². The summed E-state index contributed by atoms with van der Waals surface area (Å²) >= 11 is 3.51. The topological polar surface area (TPSA) is 41.5 Å². The number of aliphatic hydroxyl groups is 1. The molecule has 0 saturated heterocycles. The van der Waals surface area contributed by atoms with Crippen LogP contribution in [0.2, 0.25) is 0 Å². The number of hydrogen-bond acceptors (Lipinski definition) is 3. The van der Waals surface area contributed by atoms with Crippen molar-refractivity contribution in [3.05, 3.63) is 28.2 Å². The molecule has 0 heterocycles. The van der Waals surface area contributed by atoms with Crippen LogP contribution in [0.1, 0.15) is 31.7 Å². The zero-order valence-corrected chi connectivity index (χ0v) is 12.5. The lowest BCUT2D eigenvalue weighted by atomic mass is 10.2. The Morgan fingerprint density at radius 1 is 1.28 bits per heavy atom. The van der Waals surface area contributed by atoms with Crippen LogP contribution in [0, 0.1) is 0 Å². The first kappa shape index (κ1) is 15.5. The summed E-state index contributed by atoms with van der Waals surface area (Å²) in [6.07, 6.45) is 3.09. The first-order valence-corrected chi connectivity index (χ1v) is 7.30. The fourth-order valence-electron chi connectivity index (χ4n) is 1.70. The number of benzene rings is 1. The first-order chi connectivity index (χ1) is 8.77. The summed E-state index contributed by atoms with van der Waals surface area (Å²) in [5.41, 5.74) is 1.24. The van der Waals surface area contributed by atoms with E-state index >= 15 is 0 Å². The summed E-state index contributed by atoms with van der Waals surface area (Å²) in [4.78, 5) is 0. The van der Waals surface area contributed by atoms with E-state index in [1.807, 2.05) is 13.0 Å². The molecule has 4 heteroatoms. The maximum Gasteiger partial charge on any atom is 0.133 e. The third kappa shape index (κ3) is 5.85. The zero-order valence-electron chi connectivity index (χ0n) is 10.9. The highest BCUT2D eigenvalue weighted by atomic mass is 79.9. The number of unbranched alkanes of at least 4 members (excludes halogenated alkanes) is 2. The number of ether oxygens (including phenoxy) is 1. The Hall–Kier alpha value is -0.580. The van der Waals surface area contributed by atoms with Gasteiger partial charge in [0.1, 0.15) is 5.75 Å². The fraction of sp³-hybridized carbons (Fsp3) is 0.571. The Bertz CT molecular complexity index is 345. The predicted molar refractivity (Wildman–Crippen MR) is 78.0 cm³/mol. The molecule has 0 aromatic heterocycles. The van der Waals surface area contributed by atoms with Crippen molar-refractivity contribution in [3.8, 4) is 5.75 Å². The number of rotatable bonds is 9. The van der Waals surface area contributed by atoms with Gasteiger partial charge in [0.2, 0.25) is 0 Å². The summed E-state index contributed by atoms with van der Waals surface area (Å²) in [6, 6.07) is 6.17. The minimum absolute atomic E-state index is 0.297. The van der Waals surface area contributed by atoms with Crippen LogP contribution in [0.4, 0.5) is 0 Å². The molecule has 3 nitrogen and oxygen atoms in total. The summed E-state index contributed by atoms with van der Waals surface area (Å²) in [6.45, 7) is 4.82. The second-order valence-electron chi connectivity index (χ2n) is 4.16. The lowest BCUT2D eigenvalue weighted by molar-refractivity contribution is 0.283. The molecule has 0 radical (unpaired) electrons. The molecule has 1 aromatic rings. The van der Waals surface area contributed by atoms with Crippen molar-refractivity contribution in [2.24, 2.45) is 0 Å². The highest BCUT2D eigenvalue weighted by Crippen LogP contribution is 2.25. The third-order valence-electron chi connectivity index (χ3n) is 2.64. The highest BCUT2D eigenvalue weighted by molar-refractivity contribution is 9.10. The molecule has 0 aliphatic rings. The van der Waals surface area contributed by atoms with Gasteiger partial charge in [-0.15, -0.1) is 0 Å². The van der Waals surface area contributed by atoms with Crippen molar-refractivity contribution < 1.29 is 9.84 Å². The van der Waals surface area contributed by atoms with Gasteiger partial charge >= 0.3 is 0 Å². The van der Waals surface area contributed by atoms with Crippen molar-refractivity contribution >= 4 is 15.9 Å². The lowest BCUT2D eigenvalue weighted by Gasteiger charge is -2.09. The molecule has 0 fully saturated rings. The molecule has 0 aliphatic carbocycles. The van der Waals surface area contributed by atoms with Gasteiger partial charge in [-0.3, -0.25) is 0 Å². The average Bonchev–Trinajstić information content (AvgIpc) is 2.37. The predicted octanol–water partition coefficient (Wildman–Crippen LogP) is 3.10. The maximum atomic E-state index is 8.66. The monoisotopic (exact) mass is 315 g/mol. The first-order valence-electron chi connectivity index (χ1n) is 6.50. The largest absolute Gasteiger partial charge is 0.493 e. The average molecular weight is 316 g/mol. The molecule has 2 N–H and O–H groups in total. The van der Waals surface area contributed by atoms with Gasteiger partial charge in [-0.05, 0) is 66.4 Å². The van der Waals surface area contributed by atoms with E-state index in [-0.39, 0.29) is 0 Å². The van der Waals surface area contributed by atoms with E-state index in [1.54, 1.807) is 0 Å². The van der Waals surface area contributed by atoms with Crippen molar-refractivity contribution in [2.45, 2.75) is 32.7 Å². The molecule has 0 atom stereocenters. The van der Waals surface area contributed by atoms with Crippen molar-refractivity contribution in [1.82, 2.24) is 5.32 Å². The SMILES string of the molecule is CCOc1ccc(CNCCCCCO)cc1Br. The standard InChI is InChI=1S/C14H22BrNO2/c1-2-18-14-7-6-12(10-13(14)15)11-16-8-4-3-5-9-17/h6-7,10,16-17H,2-5,8-9,11H2,1H3. The summed E-state index contributed by atoms with van der Waals surface area (Å²) in [7, 11) is 0. The quantitative estimate of drug-likeness (QED) is 0.688. The molecule has 18 heavy (non-hydrogen) atoms. The second-order valence-corrected chi connectivity index (χ2v) is 5.01. The Kier molecular flexibility index (Phi) is 8.05. The maximum absolute atomic E-state index is 8.66. The smallest absolute Gasteiger partial charge is 0.133 e. The minimum Gasteiger partial charge on any atom is -0.493 e. The van der Waals surface area contributed by atoms with Crippen LogP contribution in [0.3, 0.4) is 0 Å². The van der Waals surface area contributed by atoms with Gasteiger partial charge in [-0.2, -0.15) is 0 Å². The van der Waals surface area contributed by atoms with Crippen LogP contribution in [0.5, 0.6) is 5.75 Å². The van der Waals surface area contributed by atoms with E-state index in [0.29, 0.717) is 13.2 Å². The van der Waals surface area contributed by atoms with Crippen LogP contribution in [-0.2, 0) is 6.54 Å². The van der Waals surface area contributed by atoms with Crippen LogP contribution >= 0.6 is 15.9 Å². The summed E-state index contributed by atoms with van der Waals surface area (Å²) in [5.74, 6) is 0.893. The molecule has 1 rings (SSSR count). The number of nitrogens with one attached hydrogen (secondary N) is 1. The van der Waals surface area contributed by atoms with Gasteiger partial charge in [0.25, 0.3) is 0 Å². The molecule has 0 amide bonds. The van der Waals surface area contributed by atoms with Gasteiger partial charge in [0, 0.05) is 13.2 Å². The van der Waals surface area contributed by atoms with E-state index in [9.17, 15) is 0 Å². The molecule has 1 aromatic carbocycles.